The first-order valence-electron chi connectivity index (χ1n) is 7.29. The minimum Gasteiger partial charge on any atom is -0.293 e. The molecule has 0 aliphatic rings. The van der Waals surface area contributed by atoms with E-state index >= 15 is 0 Å². The molecule has 0 radical (unpaired) electrons. The standard InChI is InChI=1S/C15H22O6S/c1-3-5-6-12(4-2)11-20-21-15(16)13-7-9-14(10-8-13)22(17,18)19/h7-10,12H,3-6,11H2,1-2H3,(H,17,18,19). The number of rotatable bonds is 9. The molecular formula is C15H22O6S. The van der Waals surface area contributed by atoms with Crippen LogP contribution in [0.15, 0.2) is 29.2 Å². The van der Waals surface area contributed by atoms with Gasteiger partial charge < -0.3 is 0 Å². The molecule has 1 rings (SSSR count). The second-order valence-corrected chi connectivity index (χ2v) is 6.49. The SMILES string of the molecule is CCCCC(CC)COOC(=O)c1ccc(S(=O)(=O)O)cc1. The average molecular weight is 330 g/mol. The molecule has 0 fully saturated rings. The first kappa shape index (κ1) is 18.6. The second kappa shape index (κ2) is 8.87. The van der Waals surface area contributed by atoms with E-state index in [4.69, 9.17) is 14.3 Å². The van der Waals surface area contributed by atoms with E-state index in [0.717, 1.165) is 37.8 Å². The summed E-state index contributed by atoms with van der Waals surface area (Å²) in [4.78, 5) is 21.1. The first-order chi connectivity index (χ1) is 10.4. The fraction of sp³-hybridized carbons (Fsp3) is 0.533. The van der Waals surface area contributed by atoms with Gasteiger partial charge in [-0.05, 0) is 36.6 Å². The Morgan fingerprint density at radius 1 is 1.23 bits per heavy atom. The monoisotopic (exact) mass is 330 g/mol. The number of unbranched alkanes of at least 4 members (excludes halogenated alkanes) is 1. The predicted octanol–water partition coefficient (Wildman–Crippen LogP) is 3.24. The summed E-state index contributed by atoms with van der Waals surface area (Å²) in [5.41, 5.74) is 0.147. The Morgan fingerprint density at radius 2 is 1.86 bits per heavy atom. The summed E-state index contributed by atoms with van der Waals surface area (Å²) in [7, 11) is -4.27. The molecule has 22 heavy (non-hydrogen) atoms. The molecule has 0 spiro atoms. The lowest BCUT2D eigenvalue weighted by atomic mass is 10.0. The van der Waals surface area contributed by atoms with E-state index in [-0.39, 0.29) is 10.5 Å². The molecule has 7 heteroatoms. The van der Waals surface area contributed by atoms with Crippen molar-refractivity contribution < 1.29 is 27.5 Å². The maximum atomic E-state index is 11.7. The molecule has 0 saturated carbocycles. The quantitative estimate of drug-likeness (QED) is 0.425. The van der Waals surface area contributed by atoms with Gasteiger partial charge in [-0.15, -0.1) is 0 Å². The Labute approximate surface area is 131 Å². The summed E-state index contributed by atoms with van der Waals surface area (Å²) in [5, 5.41) is 0. The van der Waals surface area contributed by atoms with Crippen LogP contribution in [0.25, 0.3) is 0 Å². The molecule has 0 aliphatic heterocycles. The van der Waals surface area contributed by atoms with Crippen molar-refractivity contribution in [2.45, 2.75) is 44.4 Å². The molecule has 0 bridgehead atoms. The largest absolute Gasteiger partial charge is 0.373 e. The zero-order valence-corrected chi connectivity index (χ0v) is 13.6. The van der Waals surface area contributed by atoms with Crippen molar-refractivity contribution in [2.24, 2.45) is 5.92 Å². The van der Waals surface area contributed by atoms with E-state index in [0.29, 0.717) is 12.5 Å². The van der Waals surface area contributed by atoms with Crippen LogP contribution >= 0.6 is 0 Å². The van der Waals surface area contributed by atoms with Gasteiger partial charge in [-0.25, -0.2) is 4.79 Å². The van der Waals surface area contributed by atoms with Gasteiger partial charge in [-0.2, -0.15) is 13.3 Å². The summed E-state index contributed by atoms with van der Waals surface area (Å²) in [6.45, 7) is 4.51. The summed E-state index contributed by atoms with van der Waals surface area (Å²) < 4.78 is 30.6. The highest BCUT2D eigenvalue weighted by Gasteiger charge is 2.14. The van der Waals surface area contributed by atoms with Gasteiger partial charge in [0.25, 0.3) is 10.1 Å². The van der Waals surface area contributed by atoms with Crippen LogP contribution in [0.2, 0.25) is 0 Å². The summed E-state index contributed by atoms with van der Waals surface area (Å²) in [6, 6.07) is 4.76. The van der Waals surface area contributed by atoms with Gasteiger partial charge in [-0.3, -0.25) is 9.44 Å². The van der Waals surface area contributed by atoms with Crippen LogP contribution in [0.3, 0.4) is 0 Å². The third kappa shape index (κ3) is 6.13. The van der Waals surface area contributed by atoms with E-state index in [1.54, 1.807) is 0 Å². The Morgan fingerprint density at radius 3 is 2.36 bits per heavy atom. The maximum absolute atomic E-state index is 11.7. The number of carbonyl (C=O) groups is 1. The van der Waals surface area contributed by atoms with Crippen molar-refractivity contribution in [1.29, 1.82) is 0 Å². The number of benzene rings is 1. The van der Waals surface area contributed by atoms with E-state index in [9.17, 15) is 13.2 Å². The summed E-state index contributed by atoms with van der Waals surface area (Å²) in [6.07, 6.45) is 4.18. The normalized spacial score (nSPS) is 12.9. The van der Waals surface area contributed by atoms with Gasteiger partial charge in [-0.1, -0.05) is 33.1 Å². The van der Waals surface area contributed by atoms with Crippen molar-refractivity contribution in [3.63, 3.8) is 0 Å². The van der Waals surface area contributed by atoms with Gasteiger partial charge in [0.15, 0.2) is 0 Å². The van der Waals surface area contributed by atoms with Crippen molar-refractivity contribution in [1.82, 2.24) is 0 Å². The lowest BCUT2D eigenvalue weighted by Crippen LogP contribution is -2.13. The van der Waals surface area contributed by atoms with E-state index in [2.05, 4.69) is 13.8 Å². The highest BCUT2D eigenvalue weighted by Crippen LogP contribution is 2.14. The van der Waals surface area contributed by atoms with Crippen LogP contribution in [-0.2, 0) is 19.9 Å². The smallest absolute Gasteiger partial charge is 0.293 e. The van der Waals surface area contributed by atoms with Crippen molar-refractivity contribution in [2.75, 3.05) is 6.61 Å². The van der Waals surface area contributed by atoms with E-state index < -0.39 is 16.1 Å². The van der Waals surface area contributed by atoms with Crippen molar-refractivity contribution in [3.8, 4) is 0 Å². The highest BCUT2D eigenvalue weighted by molar-refractivity contribution is 7.85. The molecular weight excluding hydrogens is 308 g/mol. The van der Waals surface area contributed by atoms with Gasteiger partial charge in [0, 0.05) is 0 Å². The van der Waals surface area contributed by atoms with E-state index in [1.807, 2.05) is 0 Å². The zero-order valence-electron chi connectivity index (χ0n) is 12.8. The number of hydrogen-bond donors (Lipinski definition) is 1. The molecule has 0 heterocycles. The Kier molecular flexibility index (Phi) is 7.50. The molecule has 1 aromatic rings. The van der Waals surface area contributed by atoms with Crippen LogP contribution in [0.1, 0.15) is 49.9 Å². The van der Waals surface area contributed by atoms with Crippen molar-refractivity contribution in [3.05, 3.63) is 29.8 Å². The van der Waals surface area contributed by atoms with Crippen LogP contribution in [-0.4, -0.2) is 25.5 Å². The van der Waals surface area contributed by atoms with Crippen LogP contribution < -0.4 is 0 Å². The highest BCUT2D eigenvalue weighted by atomic mass is 32.2. The first-order valence-corrected chi connectivity index (χ1v) is 8.73. The molecule has 0 aromatic heterocycles. The molecule has 0 saturated heterocycles. The number of carbonyl (C=O) groups excluding carboxylic acids is 1. The minimum absolute atomic E-state index is 0.147. The van der Waals surface area contributed by atoms with Gasteiger partial charge in [0.2, 0.25) is 0 Å². The average Bonchev–Trinajstić information content (AvgIpc) is 2.49. The van der Waals surface area contributed by atoms with Crippen LogP contribution in [0.5, 0.6) is 0 Å². The van der Waals surface area contributed by atoms with E-state index in [1.165, 1.54) is 12.1 Å². The lowest BCUT2D eigenvalue weighted by Gasteiger charge is -2.13. The Balaban J connectivity index is 2.48. The lowest BCUT2D eigenvalue weighted by molar-refractivity contribution is -0.249. The molecule has 1 aromatic carbocycles. The molecule has 1 atom stereocenters. The van der Waals surface area contributed by atoms with Crippen molar-refractivity contribution >= 4 is 16.1 Å². The Hall–Kier alpha value is -1.44. The topological polar surface area (TPSA) is 89.9 Å². The molecule has 1 N–H and O–H groups in total. The minimum atomic E-state index is -4.27. The molecule has 0 amide bonds. The van der Waals surface area contributed by atoms with Gasteiger partial charge >= 0.3 is 5.97 Å². The molecule has 6 nitrogen and oxygen atoms in total. The molecule has 1 unspecified atom stereocenters. The fourth-order valence-corrected chi connectivity index (χ4v) is 2.37. The third-order valence-corrected chi connectivity index (χ3v) is 4.24. The summed E-state index contributed by atoms with van der Waals surface area (Å²) >= 11 is 0. The zero-order chi connectivity index (χ0) is 16.6. The molecule has 0 aliphatic carbocycles. The second-order valence-electron chi connectivity index (χ2n) is 5.07. The predicted molar refractivity (Wildman–Crippen MR) is 80.9 cm³/mol. The third-order valence-electron chi connectivity index (χ3n) is 3.37. The number of hydrogen-bond acceptors (Lipinski definition) is 5. The van der Waals surface area contributed by atoms with Crippen LogP contribution in [0.4, 0.5) is 0 Å². The molecule has 124 valence electrons. The van der Waals surface area contributed by atoms with Gasteiger partial charge in [0.05, 0.1) is 17.1 Å². The summed E-state index contributed by atoms with van der Waals surface area (Å²) in [5.74, 6) is -0.359. The fourth-order valence-electron chi connectivity index (χ4n) is 1.89. The maximum Gasteiger partial charge on any atom is 0.373 e. The van der Waals surface area contributed by atoms with Gasteiger partial charge in [0.1, 0.15) is 0 Å². The van der Waals surface area contributed by atoms with Crippen LogP contribution in [0, 0.1) is 5.92 Å². The Bertz CT molecular complexity index is 564.